The summed E-state index contributed by atoms with van der Waals surface area (Å²) in [4.78, 5) is 23.1. The summed E-state index contributed by atoms with van der Waals surface area (Å²) in [6.45, 7) is 2.16. The summed E-state index contributed by atoms with van der Waals surface area (Å²) in [6.07, 6.45) is 0. The number of aromatic nitrogens is 3. The molecule has 2 aromatic carbocycles. The average molecular weight is 497 g/mol. The zero-order chi connectivity index (χ0) is 23.3. The molecule has 0 aliphatic heterocycles. The number of nitrogens with zero attached hydrogens (tertiary/aromatic N) is 4. The molecule has 0 saturated carbocycles. The highest BCUT2D eigenvalue weighted by molar-refractivity contribution is 7.99. The van der Waals surface area contributed by atoms with E-state index in [9.17, 15) is 14.9 Å². The molecule has 0 spiro atoms. The second-order valence-electron chi connectivity index (χ2n) is 6.35. The van der Waals surface area contributed by atoms with Crippen LogP contribution in [0, 0.1) is 10.1 Å². The van der Waals surface area contributed by atoms with E-state index in [1.807, 2.05) is 0 Å². The van der Waals surface area contributed by atoms with Crippen LogP contribution in [0.4, 0.5) is 5.69 Å². The van der Waals surface area contributed by atoms with Crippen molar-refractivity contribution in [2.75, 3.05) is 18.2 Å². The molecule has 1 amide bonds. The Bertz CT molecular complexity index is 1160. The van der Waals surface area contributed by atoms with Crippen LogP contribution in [0.1, 0.15) is 12.5 Å². The Labute approximate surface area is 197 Å². The fraction of sp³-hybridized carbons (Fsp3) is 0.211. The Morgan fingerprint density at radius 1 is 1.28 bits per heavy atom. The van der Waals surface area contributed by atoms with Gasteiger partial charge in [-0.3, -0.25) is 14.9 Å². The minimum absolute atomic E-state index is 0.0109. The number of halogens is 2. The van der Waals surface area contributed by atoms with E-state index in [2.05, 4.69) is 15.5 Å². The summed E-state index contributed by atoms with van der Waals surface area (Å²) in [7, 11) is 0. The van der Waals surface area contributed by atoms with Gasteiger partial charge in [-0.25, -0.2) is 4.68 Å². The number of carbonyl (C=O) groups is 1. The Balaban J connectivity index is 1.61. The predicted molar refractivity (Wildman–Crippen MR) is 122 cm³/mol. The molecule has 0 atom stereocenters. The van der Waals surface area contributed by atoms with Gasteiger partial charge in [0.25, 0.3) is 5.69 Å². The SMILES string of the molecule is CCOc1ccc(CNC(=O)CSc2nnc(-c3ccc(Cl)cc3Cl)n2N)c([N+](=O)[O-])c1. The molecule has 0 fully saturated rings. The number of ether oxygens (including phenoxy) is 1. The van der Waals surface area contributed by atoms with E-state index in [0.29, 0.717) is 44.5 Å². The molecule has 0 aliphatic rings. The van der Waals surface area contributed by atoms with Gasteiger partial charge in [-0.15, -0.1) is 10.2 Å². The fourth-order valence-electron chi connectivity index (χ4n) is 2.72. The molecule has 3 aromatic rings. The number of nitrogens with one attached hydrogen (secondary N) is 1. The minimum Gasteiger partial charge on any atom is -0.494 e. The maximum Gasteiger partial charge on any atom is 0.278 e. The number of hydrogen-bond donors (Lipinski definition) is 2. The molecule has 1 aromatic heterocycles. The van der Waals surface area contributed by atoms with Crippen LogP contribution < -0.4 is 15.9 Å². The molecule has 3 rings (SSSR count). The van der Waals surface area contributed by atoms with Gasteiger partial charge in [0, 0.05) is 22.7 Å². The van der Waals surface area contributed by atoms with Crippen LogP contribution in [-0.2, 0) is 11.3 Å². The third kappa shape index (κ3) is 5.61. The summed E-state index contributed by atoms with van der Waals surface area (Å²) in [5, 5.41) is 23.1. The smallest absolute Gasteiger partial charge is 0.278 e. The quantitative estimate of drug-likeness (QED) is 0.198. The van der Waals surface area contributed by atoms with Gasteiger partial charge in [-0.2, -0.15) is 0 Å². The molecule has 10 nitrogen and oxygen atoms in total. The highest BCUT2D eigenvalue weighted by Gasteiger charge is 2.18. The molecular weight excluding hydrogens is 479 g/mol. The van der Waals surface area contributed by atoms with Gasteiger partial charge in [-0.1, -0.05) is 35.0 Å². The largest absolute Gasteiger partial charge is 0.494 e. The van der Waals surface area contributed by atoms with Crippen molar-refractivity contribution in [3.05, 3.63) is 62.1 Å². The molecule has 32 heavy (non-hydrogen) atoms. The highest BCUT2D eigenvalue weighted by atomic mass is 35.5. The fourth-order valence-corrected chi connectivity index (χ4v) is 3.90. The normalized spacial score (nSPS) is 10.7. The number of nitrogens with two attached hydrogens (primary N) is 1. The minimum atomic E-state index is -0.515. The van der Waals surface area contributed by atoms with Gasteiger partial charge >= 0.3 is 0 Å². The van der Waals surface area contributed by atoms with Crippen molar-refractivity contribution in [3.8, 4) is 17.1 Å². The maximum absolute atomic E-state index is 12.3. The van der Waals surface area contributed by atoms with Crippen LogP contribution in [0.25, 0.3) is 11.4 Å². The summed E-state index contributed by atoms with van der Waals surface area (Å²) >= 11 is 13.2. The van der Waals surface area contributed by atoms with Gasteiger partial charge < -0.3 is 15.9 Å². The molecule has 0 aliphatic carbocycles. The molecule has 168 valence electrons. The van der Waals surface area contributed by atoms with Crippen LogP contribution in [0.2, 0.25) is 10.0 Å². The van der Waals surface area contributed by atoms with Crippen molar-refractivity contribution in [1.82, 2.24) is 20.2 Å². The van der Waals surface area contributed by atoms with E-state index in [1.165, 1.54) is 10.7 Å². The van der Waals surface area contributed by atoms with Crippen molar-refractivity contribution in [1.29, 1.82) is 0 Å². The summed E-state index contributed by atoms with van der Waals surface area (Å²) in [5.41, 5.74) is 0.777. The highest BCUT2D eigenvalue weighted by Crippen LogP contribution is 2.30. The van der Waals surface area contributed by atoms with Crippen LogP contribution in [0.15, 0.2) is 41.6 Å². The van der Waals surface area contributed by atoms with E-state index in [0.717, 1.165) is 11.8 Å². The summed E-state index contributed by atoms with van der Waals surface area (Å²) in [5.74, 6) is 6.38. The maximum atomic E-state index is 12.3. The van der Waals surface area contributed by atoms with E-state index in [4.69, 9.17) is 33.8 Å². The van der Waals surface area contributed by atoms with Crippen molar-refractivity contribution in [2.24, 2.45) is 0 Å². The first-order chi connectivity index (χ1) is 15.3. The van der Waals surface area contributed by atoms with E-state index >= 15 is 0 Å². The number of nitrogen functional groups attached to an aromatic ring is 1. The first-order valence-corrected chi connectivity index (χ1v) is 11.0. The van der Waals surface area contributed by atoms with Crippen molar-refractivity contribution >= 4 is 46.6 Å². The molecule has 0 radical (unpaired) electrons. The zero-order valence-electron chi connectivity index (χ0n) is 16.7. The lowest BCUT2D eigenvalue weighted by Gasteiger charge is -2.08. The Morgan fingerprint density at radius 2 is 2.06 bits per heavy atom. The molecule has 13 heteroatoms. The number of nitro benzene ring substituents is 1. The average Bonchev–Trinajstić information content (AvgIpc) is 3.11. The van der Waals surface area contributed by atoms with Gasteiger partial charge in [-0.05, 0) is 37.3 Å². The summed E-state index contributed by atoms with van der Waals surface area (Å²) < 4.78 is 6.51. The predicted octanol–water partition coefficient (Wildman–Crippen LogP) is 3.68. The van der Waals surface area contributed by atoms with Crippen LogP contribution in [-0.4, -0.2) is 38.1 Å². The van der Waals surface area contributed by atoms with Crippen molar-refractivity contribution < 1.29 is 14.5 Å². The van der Waals surface area contributed by atoms with E-state index < -0.39 is 4.92 Å². The van der Waals surface area contributed by atoms with Gasteiger partial charge in [0.2, 0.25) is 11.1 Å². The van der Waals surface area contributed by atoms with Gasteiger partial charge in [0.1, 0.15) is 5.75 Å². The van der Waals surface area contributed by atoms with Crippen LogP contribution >= 0.6 is 35.0 Å². The van der Waals surface area contributed by atoms with Gasteiger partial charge in [0.15, 0.2) is 5.82 Å². The van der Waals surface area contributed by atoms with E-state index in [1.54, 1.807) is 37.3 Å². The molecule has 0 unspecified atom stereocenters. The number of nitro groups is 1. The molecule has 0 saturated heterocycles. The second kappa shape index (κ2) is 10.5. The standard InChI is InChI=1S/C19H18Cl2N6O4S/c1-2-31-13-5-3-11(16(8-13)27(29)30)9-23-17(28)10-32-19-25-24-18(26(19)22)14-6-4-12(20)7-15(14)21/h3-8H,2,9-10,22H2,1H3,(H,23,28). The Morgan fingerprint density at radius 3 is 2.75 bits per heavy atom. The van der Waals surface area contributed by atoms with Crippen LogP contribution in [0.5, 0.6) is 5.75 Å². The third-order valence-electron chi connectivity index (χ3n) is 4.21. The van der Waals surface area contributed by atoms with Crippen molar-refractivity contribution in [3.63, 3.8) is 0 Å². The number of benzene rings is 2. The van der Waals surface area contributed by atoms with Crippen LogP contribution in [0.3, 0.4) is 0 Å². The zero-order valence-corrected chi connectivity index (χ0v) is 19.1. The Hall–Kier alpha value is -3.02. The van der Waals surface area contributed by atoms with E-state index in [-0.39, 0.29) is 23.9 Å². The lowest BCUT2D eigenvalue weighted by Crippen LogP contribution is -2.25. The summed E-state index contributed by atoms with van der Waals surface area (Å²) in [6, 6.07) is 9.39. The molecular formula is C19H18Cl2N6O4S. The van der Waals surface area contributed by atoms with Gasteiger partial charge in [0.05, 0.1) is 28.4 Å². The number of amides is 1. The molecule has 3 N–H and O–H groups in total. The molecule has 1 heterocycles. The number of carbonyl (C=O) groups excluding carboxylic acids is 1. The third-order valence-corrected chi connectivity index (χ3v) is 5.70. The topological polar surface area (TPSA) is 138 Å². The Kier molecular flexibility index (Phi) is 7.78. The molecule has 0 bridgehead atoms. The lowest BCUT2D eigenvalue weighted by atomic mass is 10.1. The second-order valence-corrected chi connectivity index (χ2v) is 8.13. The first-order valence-electron chi connectivity index (χ1n) is 9.25. The lowest BCUT2D eigenvalue weighted by molar-refractivity contribution is -0.385. The number of thioether (sulfide) groups is 1. The first kappa shape index (κ1) is 23.6. The number of hydrogen-bond acceptors (Lipinski definition) is 8. The number of rotatable bonds is 9. The monoisotopic (exact) mass is 496 g/mol. The van der Waals surface area contributed by atoms with Crippen molar-refractivity contribution in [2.45, 2.75) is 18.6 Å².